The van der Waals surface area contributed by atoms with E-state index in [1.54, 1.807) is 36.4 Å². The lowest BCUT2D eigenvalue weighted by Gasteiger charge is -2.18. The minimum Gasteiger partial charge on any atom is -0.461 e. The van der Waals surface area contributed by atoms with Crippen molar-refractivity contribution in [2.75, 3.05) is 5.32 Å². The summed E-state index contributed by atoms with van der Waals surface area (Å²) in [7, 11) is 0. The Morgan fingerprint density at radius 1 is 0.794 bits per heavy atom. The van der Waals surface area contributed by atoms with Gasteiger partial charge in [-0.3, -0.25) is 9.59 Å². The summed E-state index contributed by atoms with van der Waals surface area (Å²) in [6, 6.07) is 25.1. The van der Waals surface area contributed by atoms with Crippen LogP contribution in [0, 0.1) is 11.3 Å². The molecule has 3 aromatic rings. The number of hydrogen-bond acceptors (Lipinski definition) is 6. The van der Waals surface area contributed by atoms with E-state index in [0.717, 1.165) is 11.1 Å². The van der Waals surface area contributed by atoms with Crippen LogP contribution < -0.4 is 10.6 Å². The van der Waals surface area contributed by atoms with Crippen molar-refractivity contribution >= 4 is 23.7 Å². The van der Waals surface area contributed by atoms with Crippen molar-refractivity contribution in [2.45, 2.75) is 25.7 Å². The maximum Gasteiger partial charge on any atom is 0.408 e. The predicted octanol–water partition coefficient (Wildman–Crippen LogP) is 3.93. The van der Waals surface area contributed by atoms with Crippen LogP contribution in [-0.4, -0.2) is 24.0 Å². The van der Waals surface area contributed by atoms with Crippen LogP contribution in [0.1, 0.15) is 23.1 Å². The van der Waals surface area contributed by atoms with Gasteiger partial charge in [-0.15, -0.1) is 0 Å². The highest BCUT2D eigenvalue weighted by Gasteiger charge is 2.25. The number of nitriles is 1. The van der Waals surface area contributed by atoms with Gasteiger partial charge < -0.3 is 20.1 Å². The molecule has 0 aliphatic carbocycles. The number of carbonyl (C=O) groups is 3. The smallest absolute Gasteiger partial charge is 0.408 e. The van der Waals surface area contributed by atoms with Gasteiger partial charge in [0, 0.05) is 5.69 Å². The van der Waals surface area contributed by atoms with Crippen LogP contribution in [0.2, 0.25) is 0 Å². The molecular formula is C26H23N3O5. The lowest BCUT2D eigenvalue weighted by molar-refractivity contribution is -0.146. The molecule has 2 N–H and O–H groups in total. The molecule has 0 saturated heterocycles. The topological polar surface area (TPSA) is 118 Å². The molecule has 0 fully saturated rings. The Labute approximate surface area is 197 Å². The molecule has 3 aromatic carbocycles. The van der Waals surface area contributed by atoms with Crippen molar-refractivity contribution < 1.29 is 23.9 Å². The van der Waals surface area contributed by atoms with Crippen LogP contribution in [0.15, 0.2) is 84.9 Å². The molecule has 34 heavy (non-hydrogen) atoms. The third kappa shape index (κ3) is 7.80. The quantitative estimate of drug-likeness (QED) is 0.470. The maximum atomic E-state index is 12.8. The molecule has 2 amide bonds. The Morgan fingerprint density at radius 2 is 1.35 bits per heavy atom. The summed E-state index contributed by atoms with van der Waals surface area (Å²) in [6.07, 6.45) is -1.24. The number of alkyl carbamates (subject to hydrolysis) is 1. The van der Waals surface area contributed by atoms with Gasteiger partial charge in [-0.05, 0) is 35.4 Å². The molecule has 8 heteroatoms. The summed E-state index contributed by atoms with van der Waals surface area (Å²) in [4.78, 5) is 37.6. The van der Waals surface area contributed by atoms with Gasteiger partial charge in [0.05, 0.1) is 18.1 Å². The SMILES string of the molecule is N#Cc1ccc(NC(=O)[C@H](CC(=O)OCc2ccccc2)NC(=O)OCc2ccccc2)cc1. The number of esters is 1. The van der Waals surface area contributed by atoms with Gasteiger partial charge in [-0.1, -0.05) is 60.7 Å². The van der Waals surface area contributed by atoms with Crippen LogP contribution in [-0.2, 0) is 32.3 Å². The Bertz CT molecular complexity index is 1090. The second-order valence-electron chi connectivity index (χ2n) is 7.29. The molecule has 0 bridgehead atoms. The number of hydrogen-bond donors (Lipinski definition) is 2. The van der Waals surface area contributed by atoms with Gasteiger partial charge in [0.1, 0.15) is 19.3 Å². The first kappa shape index (κ1) is 24.0. The van der Waals surface area contributed by atoms with Crippen molar-refractivity contribution in [3.05, 3.63) is 102 Å². The van der Waals surface area contributed by atoms with Gasteiger partial charge in [0.25, 0.3) is 0 Å². The zero-order chi connectivity index (χ0) is 24.2. The standard InChI is InChI=1S/C26H23N3O5/c27-16-19-11-13-22(14-12-19)28-25(31)23(15-24(30)33-17-20-7-3-1-4-8-20)29-26(32)34-18-21-9-5-2-6-10-21/h1-14,23H,15,17-18H2,(H,28,31)(H,29,32)/t23-/m0/s1. The summed E-state index contributed by atoms with van der Waals surface area (Å²) < 4.78 is 10.4. The number of nitrogens with zero attached hydrogens (tertiary/aromatic N) is 1. The summed E-state index contributed by atoms with van der Waals surface area (Å²) in [5.41, 5.74) is 2.41. The third-order valence-electron chi connectivity index (χ3n) is 4.72. The van der Waals surface area contributed by atoms with Crippen LogP contribution in [0.5, 0.6) is 0 Å². The Hall–Kier alpha value is -4.64. The number of nitrogens with one attached hydrogen (secondary N) is 2. The maximum absolute atomic E-state index is 12.8. The van der Waals surface area contributed by atoms with E-state index in [9.17, 15) is 14.4 Å². The van der Waals surface area contributed by atoms with Crippen molar-refractivity contribution in [1.29, 1.82) is 5.26 Å². The molecule has 8 nitrogen and oxygen atoms in total. The third-order valence-corrected chi connectivity index (χ3v) is 4.72. The first-order chi connectivity index (χ1) is 16.5. The molecule has 0 aliphatic heterocycles. The molecular weight excluding hydrogens is 434 g/mol. The van der Waals surface area contributed by atoms with Gasteiger partial charge in [0.15, 0.2) is 0 Å². The lowest BCUT2D eigenvalue weighted by Crippen LogP contribution is -2.45. The van der Waals surface area contributed by atoms with E-state index >= 15 is 0 Å². The zero-order valence-corrected chi connectivity index (χ0v) is 18.3. The fourth-order valence-electron chi connectivity index (χ4n) is 2.94. The fraction of sp³-hybridized carbons (Fsp3) is 0.154. The zero-order valence-electron chi connectivity index (χ0n) is 18.3. The van der Waals surface area contributed by atoms with E-state index in [2.05, 4.69) is 10.6 Å². The van der Waals surface area contributed by atoms with Crippen molar-refractivity contribution in [3.8, 4) is 6.07 Å². The summed E-state index contributed by atoms with van der Waals surface area (Å²) in [5, 5.41) is 14.0. The molecule has 0 aromatic heterocycles. The van der Waals surface area contributed by atoms with E-state index in [4.69, 9.17) is 14.7 Å². The van der Waals surface area contributed by atoms with Gasteiger partial charge >= 0.3 is 12.1 Å². The van der Waals surface area contributed by atoms with Gasteiger partial charge in [-0.25, -0.2) is 4.79 Å². The first-order valence-corrected chi connectivity index (χ1v) is 10.5. The highest BCUT2D eigenvalue weighted by Crippen LogP contribution is 2.11. The largest absolute Gasteiger partial charge is 0.461 e. The van der Waals surface area contributed by atoms with Crippen molar-refractivity contribution in [2.24, 2.45) is 0 Å². The number of ether oxygens (including phenoxy) is 2. The van der Waals surface area contributed by atoms with Crippen LogP contribution >= 0.6 is 0 Å². The minimum atomic E-state index is -1.23. The summed E-state index contributed by atoms with van der Waals surface area (Å²) in [5.74, 6) is -1.29. The summed E-state index contributed by atoms with van der Waals surface area (Å²) >= 11 is 0. The number of rotatable bonds is 9. The van der Waals surface area contributed by atoms with Gasteiger partial charge in [-0.2, -0.15) is 5.26 Å². The number of carbonyl (C=O) groups excluding carboxylic acids is 3. The molecule has 0 spiro atoms. The Balaban J connectivity index is 1.62. The molecule has 3 rings (SSSR count). The molecule has 172 valence electrons. The number of anilines is 1. The average molecular weight is 457 g/mol. The second-order valence-corrected chi connectivity index (χ2v) is 7.29. The van der Waals surface area contributed by atoms with Crippen LogP contribution in [0.3, 0.4) is 0 Å². The second kappa shape index (κ2) is 12.4. The van der Waals surface area contributed by atoms with E-state index in [1.807, 2.05) is 54.6 Å². The summed E-state index contributed by atoms with van der Waals surface area (Å²) in [6.45, 7) is 0.0528. The first-order valence-electron chi connectivity index (χ1n) is 10.5. The molecule has 0 unspecified atom stereocenters. The van der Waals surface area contributed by atoms with E-state index in [-0.39, 0.29) is 13.2 Å². The van der Waals surface area contributed by atoms with Crippen molar-refractivity contribution in [1.82, 2.24) is 5.32 Å². The monoisotopic (exact) mass is 457 g/mol. The van der Waals surface area contributed by atoms with E-state index in [0.29, 0.717) is 11.3 Å². The average Bonchev–Trinajstić information content (AvgIpc) is 2.87. The highest BCUT2D eigenvalue weighted by molar-refractivity contribution is 5.98. The number of benzene rings is 3. The molecule has 0 radical (unpaired) electrons. The van der Waals surface area contributed by atoms with E-state index < -0.39 is 30.4 Å². The normalized spacial score (nSPS) is 10.9. The van der Waals surface area contributed by atoms with Crippen LogP contribution in [0.25, 0.3) is 0 Å². The highest BCUT2D eigenvalue weighted by atomic mass is 16.5. The Kier molecular flexibility index (Phi) is 8.76. The predicted molar refractivity (Wildman–Crippen MR) is 124 cm³/mol. The fourth-order valence-corrected chi connectivity index (χ4v) is 2.94. The van der Waals surface area contributed by atoms with E-state index in [1.165, 1.54) is 0 Å². The molecule has 0 heterocycles. The lowest BCUT2D eigenvalue weighted by atomic mass is 10.1. The number of amides is 2. The Morgan fingerprint density at radius 3 is 1.91 bits per heavy atom. The molecule has 0 saturated carbocycles. The minimum absolute atomic E-state index is 0.00902. The van der Waals surface area contributed by atoms with Crippen molar-refractivity contribution in [3.63, 3.8) is 0 Å². The molecule has 0 aliphatic rings. The van der Waals surface area contributed by atoms with Crippen LogP contribution in [0.4, 0.5) is 10.5 Å². The van der Waals surface area contributed by atoms with Gasteiger partial charge in [0.2, 0.25) is 5.91 Å². The molecule has 1 atom stereocenters.